The molecule has 0 aliphatic carbocycles. The molecule has 31 heavy (non-hydrogen) atoms. The van der Waals surface area contributed by atoms with E-state index in [1.54, 1.807) is 36.5 Å². The first kappa shape index (κ1) is 20.6. The molecule has 1 aromatic carbocycles. The summed E-state index contributed by atoms with van der Waals surface area (Å²) in [5.74, 6) is -0.149. The van der Waals surface area contributed by atoms with Gasteiger partial charge in [-0.1, -0.05) is 25.1 Å². The van der Waals surface area contributed by atoms with Crippen LogP contribution in [0.5, 0.6) is 0 Å². The Morgan fingerprint density at radius 1 is 1.26 bits per heavy atom. The van der Waals surface area contributed by atoms with Crippen molar-refractivity contribution in [1.29, 1.82) is 0 Å². The van der Waals surface area contributed by atoms with Crippen LogP contribution in [0.15, 0.2) is 41.3 Å². The average molecular weight is 432 g/mol. The molecule has 2 N–H and O–H groups in total. The number of aromatic nitrogens is 5. The molecule has 2 aromatic heterocycles. The molecule has 0 atom stereocenters. The minimum absolute atomic E-state index is 0.0537. The number of fused-ring (bicyclic) bond motifs is 1. The van der Waals surface area contributed by atoms with E-state index in [-0.39, 0.29) is 30.6 Å². The molecule has 8 nitrogen and oxygen atoms in total. The number of allylic oxidation sites excluding steroid dienone is 1. The summed E-state index contributed by atoms with van der Waals surface area (Å²) in [4.78, 5) is 28.2. The topological polar surface area (TPSA) is 99.7 Å². The van der Waals surface area contributed by atoms with Crippen LogP contribution in [0.3, 0.4) is 0 Å². The number of alkyl halides is 3. The van der Waals surface area contributed by atoms with Crippen molar-refractivity contribution < 1.29 is 18.0 Å². The zero-order chi connectivity index (χ0) is 22.2. The van der Waals surface area contributed by atoms with Crippen LogP contribution in [-0.2, 0) is 19.0 Å². The molecule has 3 aromatic rings. The zero-order valence-corrected chi connectivity index (χ0v) is 16.5. The van der Waals surface area contributed by atoms with E-state index in [0.717, 1.165) is 4.68 Å². The average Bonchev–Trinajstić information content (AvgIpc) is 3.31. The first-order valence-electron chi connectivity index (χ1n) is 9.67. The predicted octanol–water partition coefficient (Wildman–Crippen LogP) is 2.82. The molecule has 1 aliphatic heterocycles. The Balaban J connectivity index is 1.79. The van der Waals surface area contributed by atoms with Gasteiger partial charge in [0.1, 0.15) is 11.5 Å². The van der Waals surface area contributed by atoms with Gasteiger partial charge in [-0.15, -0.1) is 0 Å². The van der Waals surface area contributed by atoms with E-state index in [2.05, 4.69) is 20.3 Å². The number of amides is 1. The molecular weight excluding hydrogens is 413 g/mol. The molecule has 0 spiro atoms. The van der Waals surface area contributed by atoms with E-state index in [1.807, 2.05) is 6.92 Å². The summed E-state index contributed by atoms with van der Waals surface area (Å²) in [5, 5.41) is 9.89. The van der Waals surface area contributed by atoms with Gasteiger partial charge in [0.05, 0.1) is 5.69 Å². The second-order valence-corrected chi connectivity index (χ2v) is 7.10. The maximum absolute atomic E-state index is 13.6. The van der Waals surface area contributed by atoms with Crippen LogP contribution >= 0.6 is 0 Å². The lowest BCUT2D eigenvalue weighted by Gasteiger charge is -2.24. The smallest absolute Gasteiger partial charge is 0.314 e. The molecule has 162 valence electrons. The number of hydrogen-bond donors (Lipinski definition) is 2. The molecule has 0 fully saturated rings. The number of aromatic amines is 2. The number of nitrogens with zero attached hydrogens (tertiary/aromatic N) is 4. The molecule has 11 heteroatoms. The Bertz CT molecular complexity index is 1200. The van der Waals surface area contributed by atoms with Crippen molar-refractivity contribution >= 4 is 5.91 Å². The van der Waals surface area contributed by atoms with Gasteiger partial charge in [-0.05, 0) is 30.5 Å². The van der Waals surface area contributed by atoms with E-state index >= 15 is 0 Å². The fourth-order valence-electron chi connectivity index (χ4n) is 3.55. The van der Waals surface area contributed by atoms with Gasteiger partial charge < -0.3 is 4.90 Å². The molecule has 0 unspecified atom stereocenters. The van der Waals surface area contributed by atoms with Gasteiger partial charge in [-0.25, -0.2) is 14.6 Å². The quantitative estimate of drug-likeness (QED) is 0.648. The summed E-state index contributed by atoms with van der Waals surface area (Å²) < 4.78 is 42.0. The van der Waals surface area contributed by atoms with Crippen LogP contribution in [0, 0.1) is 0 Å². The zero-order valence-electron chi connectivity index (χ0n) is 16.5. The van der Waals surface area contributed by atoms with Gasteiger partial charge in [0, 0.05) is 24.7 Å². The van der Waals surface area contributed by atoms with Crippen molar-refractivity contribution in [3.8, 4) is 5.69 Å². The lowest BCUT2D eigenvalue weighted by molar-refractivity contribution is -0.142. The second kappa shape index (κ2) is 7.89. The Labute approximate surface area is 174 Å². The fraction of sp³-hybridized carbons (Fsp3) is 0.300. The summed E-state index contributed by atoms with van der Waals surface area (Å²) in [6.07, 6.45) is -0.302. The number of carbonyl (C=O) groups excluding carboxylic acids is 1. The number of benzene rings is 1. The summed E-state index contributed by atoms with van der Waals surface area (Å²) in [7, 11) is 0. The second-order valence-electron chi connectivity index (χ2n) is 7.10. The van der Waals surface area contributed by atoms with Crippen LogP contribution in [-0.4, -0.2) is 42.3 Å². The highest BCUT2D eigenvalue weighted by atomic mass is 19.4. The summed E-state index contributed by atoms with van der Waals surface area (Å²) in [6, 6.07) is 6.60. The molecule has 3 heterocycles. The standard InChI is InChI=1S/C20H19F3N6O2/c1-2-3-8-28-9-7-14-16(18(28)30)29(27-17(14)20(21,22)23)13-6-4-5-12(10-13)11-15-24-19(31)26-25-15/h3-6,8,10H,2,7,9,11H2,1H3,(H2,24,25,26,31)/b8-3+. The molecule has 4 rings (SSSR count). The Hall–Kier alpha value is -3.63. The van der Waals surface area contributed by atoms with Gasteiger partial charge in [0.15, 0.2) is 5.69 Å². The Kier molecular flexibility index (Phi) is 5.25. The third-order valence-corrected chi connectivity index (χ3v) is 4.92. The van der Waals surface area contributed by atoms with Gasteiger partial charge in [-0.3, -0.25) is 9.78 Å². The van der Waals surface area contributed by atoms with E-state index in [1.165, 1.54) is 4.90 Å². The lowest BCUT2D eigenvalue weighted by Crippen LogP contribution is -2.35. The van der Waals surface area contributed by atoms with Gasteiger partial charge in [-0.2, -0.15) is 23.4 Å². The van der Waals surface area contributed by atoms with E-state index in [9.17, 15) is 22.8 Å². The van der Waals surface area contributed by atoms with Crippen molar-refractivity contribution in [3.05, 3.63) is 75.4 Å². The minimum Gasteiger partial charge on any atom is -0.314 e. The highest BCUT2D eigenvalue weighted by molar-refractivity contribution is 5.96. The summed E-state index contributed by atoms with van der Waals surface area (Å²) in [6.45, 7) is 2.06. The predicted molar refractivity (Wildman–Crippen MR) is 105 cm³/mol. The van der Waals surface area contributed by atoms with Crippen LogP contribution < -0.4 is 5.69 Å². The first-order valence-corrected chi connectivity index (χ1v) is 9.67. The largest absolute Gasteiger partial charge is 0.435 e. The van der Waals surface area contributed by atoms with Gasteiger partial charge in [0.25, 0.3) is 5.91 Å². The van der Waals surface area contributed by atoms with Crippen LogP contribution in [0.1, 0.15) is 46.5 Å². The molecule has 0 saturated heterocycles. The third-order valence-electron chi connectivity index (χ3n) is 4.92. The number of rotatable bonds is 5. The van der Waals surface area contributed by atoms with Crippen LogP contribution in [0.25, 0.3) is 5.69 Å². The van der Waals surface area contributed by atoms with Crippen LogP contribution in [0.2, 0.25) is 0 Å². The van der Waals surface area contributed by atoms with E-state index < -0.39 is 23.5 Å². The van der Waals surface area contributed by atoms with Crippen molar-refractivity contribution in [3.63, 3.8) is 0 Å². The molecule has 0 radical (unpaired) electrons. The normalized spacial score (nSPS) is 14.5. The molecule has 0 saturated carbocycles. The number of carbonyl (C=O) groups is 1. The maximum atomic E-state index is 13.6. The van der Waals surface area contributed by atoms with Gasteiger partial charge >= 0.3 is 11.9 Å². The van der Waals surface area contributed by atoms with Crippen molar-refractivity contribution in [2.45, 2.75) is 32.4 Å². The summed E-state index contributed by atoms with van der Waals surface area (Å²) in [5.41, 5.74) is -0.684. The first-order chi connectivity index (χ1) is 14.8. The number of H-pyrrole nitrogens is 2. The number of nitrogens with one attached hydrogen (secondary N) is 2. The SMILES string of the molecule is CC/C=C/N1CCc2c(C(F)(F)F)nn(-c3cccc(Cc4n[nH]c(=O)[nH]4)c3)c2C1=O. The molecule has 0 bridgehead atoms. The molecule has 1 amide bonds. The van der Waals surface area contributed by atoms with E-state index in [4.69, 9.17) is 0 Å². The molecule has 1 aliphatic rings. The maximum Gasteiger partial charge on any atom is 0.435 e. The van der Waals surface area contributed by atoms with Crippen molar-refractivity contribution in [1.82, 2.24) is 29.9 Å². The monoisotopic (exact) mass is 432 g/mol. The lowest BCUT2D eigenvalue weighted by atomic mass is 10.0. The van der Waals surface area contributed by atoms with Crippen molar-refractivity contribution in [2.75, 3.05) is 6.54 Å². The number of halogens is 3. The summed E-state index contributed by atoms with van der Waals surface area (Å²) >= 11 is 0. The highest BCUT2D eigenvalue weighted by Crippen LogP contribution is 2.36. The van der Waals surface area contributed by atoms with Crippen molar-refractivity contribution in [2.24, 2.45) is 0 Å². The van der Waals surface area contributed by atoms with Crippen LogP contribution in [0.4, 0.5) is 13.2 Å². The van der Waals surface area contributed by atoms with E-state index in [0.29, 0.717) is 23.5 Å². The Morgan fingerprint density at radius 3 is 2.74 bits per heavy atom. The van der Waals surface area contributed by atoms with Gasteiger partial charge in [0.2, 0.25) is 0 Å². The molecular formula is C20H19F3N6O2. The Morgan fingerprint density at radius 2 is 2.06 bits per heavy atom. The third kappa shape index (κ3) is 4.03. The minimum atomic E-state index is -4.68. The number of hydrogen-bond acceptors (Lipinski definition) is 4. The highest BCUT2D eigenvalue weighted by Gasteiger charge is 2.42. The fourth-order valence-corrected chi connectivity index (χ4v) is 3.55.